The molecule has 27 heavy (non-hydrogen) atoms. The normalized spacial score (nSPS) is 10.9. The Morgan fingerprint density at radius 1 is 0.852 bits per heavy atom. The van der Waals surface area contributed by atoms with Crippen LogP contribution in [0.3, 0.4) is 0 Å². The number of ether oxygens (including phenoxy) is 2. The van der Waals surface area contributed by atoms with Crippen molar-refractivity contribution in [3.05, 3.63) is 89.0 Å². The van der Waals surface area contributed by atoms with Crippen molar-refractivity contribution in [1.29, 1.82) is 0 Å². The van der Waals surface area contributed by atoms with Gasteiger partial charge in [-0.2, -0.15) is 0 Å². The summed E-state index contributed by atoms with van der Waals surface area (Å²) in [6.07, 6.45) is 1.87. The van der Waals surface area contributed by atoms with Crippen molar-refractivity contribution in [3.8, 4) is 11.5 Å². The maximum atomic E-state index is 5.96. The standard InChI is InChI=1S/C24H25NO2/c1-4-26-24-15-21(16-25-22-14-18(2)10-11-19(22)3)12-13-23(24)27-17-20-8-6-5-7-9-20/h5-16H,4,17H2,1-3H3. The Labute approximate surface area is 161 Å². The highest BCUT2D eigenvalue weighted by atomic mass is 16.5. The van der Waals surface area contributed by atoms with Crippen molar-refractivity contribution < 1.29 is 9.47 Å². The lowest BCUT2D eigenvalue weighted by molar-refractivity contribution is 0.269. The highest BCUT2D eigenvalue weighted by molar-refractivity contribution is 5.83. The zero-order valence-electron chi connectivity index (χ0n) is 16.1. The predicted octanol–water partition coefficient (Wildman–Crippen LogP) is 6.03. The lowest BCUT2D eigenvalue weighted by Crippen LogP contribution is -2.00. The van der Waals surface area contributed by atoms with Crippen LogP contribution in [0, 0.1) is 13.8 Å². The van der Waals surface area contributed by atoms with E-state index >= 15 is 0 Å². The summed E-state index contributed by atoms with van der Waals surface area (Å²) in [7, 11) is 0. The number of aryl methyl sites for hydroxylation is 2. The topological polar surface area (TPSA) is 30.8 Å². The molecule has 0 saturated heterocycles. The fourth-order valence-electron chi connectivity index (χ4n) is 2.73. The summed E-state index contributed by atoms with van der Waals surface area (Å²) in [6.45, 7) is 7.21. The molecule has 0 aliphatic heterocycles. The summed E-state index contributed by atoms with van der Waals surface area (Å²) in [4.78, 5) is 4.64. The van der Waals surface area contributed by atoms with E-state index in [4.69, 9.17) is 9.47 Å². The molecule has 0 aliphatic carbocycles. The molecule has 0 heterocycles. The van der Waals surface area contributed by atoms with E-state index in [1.165, 1.54) is 5.56 Å². The molecule has 0 N–H and O–H groups in total. The Morgan fingerprint density at radius 3 is 2.44 bits per heavy atom. The minimum Gasteiger partial charge on any atom is -0.490 e. The van der Waals surface area contributed by atoms with Crippen LogP contribution in [0.2, 0.25) is 0 Å². The largest absolute Gasteiger partial charge is 0.490 e. The van der Waals surface area contributed by atoms with E-state index in [2.05, 4.69) is 37.0 Å². The zero-order valence-corrected chi connectivity index (χ0v) is 16.1. The molecule has 3 heteroatoms. The van der Waals surface area contributed by atoms with E-state index in [9.17, 15) is 0 Å². The Balaban J connectivity index is 1.78. The number of benzene rings is 3. The Bertz CT molecular complexity index is 917. The SMILES string of the molecule is CCOc1cc(C=Nc2cc(C)ccc2C)ccc1OCc1ccccc1. The minimum absolute atomic E-state index is 0.511. The summed E-state index contributed by atoms with van der Waals surface area (Å²) < 4.78 is 11.7. The van der Waals surface area contributed by atoms with E-state index in [-0.39, 0.29) is 0 Å². The van der Waals surface area contributed by atoms with Crippen LogP contribution in [-0.2, 0) is 6.61 Å². The summed E-state index contributed by atoms with van der Waals surface area (Å²) in [5.41, 5.74) is 5.45. The minimum atomic E-state index is 0.511. The van der Waals surface area contributed by atoms with Crippen molar-refractivity contribution in [2.24, 2.45) is 4.99 Å². The van der Waals surface area contributed by atoms with E-state index in [1.54, 1.807) is 0 Å². The van der Waals surface area contributed by atoms with Crippen LogP contribution in [0.15, 0.2) is 71.7 Å². The van der Waals surface area contributed by atoms with Gasteiger partial charge in [-0.1, -0.05) is 42.5 Å². The maximum Gasteiger partial charge on any atom is 0.161 e. The van der Waals surface area contributed by atoms with Crippen LogP contribution in [0.5, 0.6) is 11.5 Å². The van der Waals surface area contributed by atoms with E-state index in [0.717, 1.165) is 33.9 Å². The highest BCUT2D eigenvalue weighted by Gasteiger charge is 2.07. The van der Waals surface area contributed by atoms with Crippen molar-refractivity contribution in [2.75, 3.05) is 6.61 Å². The van der Waals surface area contributed by atoms with Gasteiger partial charge in [-0.15, -0.1) is 0 Å². The molecule has 0 unspecified atom stereocenters. The molecule has 0 radical (unpaired) electrons. The highest BCUT2D eigenvalue weighted by Crippen LogP contribution is 2.29. The van der Waals surface area contributed by atoms with E-state index in [1.807, 2.05) is 61.7 Å². The first kappa shape index (κ1) is 18.7. The van der Waals surface area contributed by atoms with Crippen molar-refractivity contribution in [1.82, 2.24) is 0 Å². The van der Waals surface area contributed by atoms with Gasteiger partial charge in [-0.05, 0) is 67.3 Å². The van der Waals surface area contributed by atoms with Crippen molar-refractivity contribution >= 4 is 11.9 Å². The maximum absolute atomic E-state index is 5.96. The second kappa shape index (κ2) is 9.04. The summed E-state index contributed by atoms with van der Waals surface area (Å²) >= 11 is 0. The van der Waals surface area contributed by atoms with Gasteiger partial charge in [0.2, 0.25) is 0 Å². The second-order valence-electron chi connectivity index (χ2n) is 6.46. The van der Waals surface area contributed by atoms with E-state index in [0.29, 0.717) is 13.2 Å². The molecule has 0 amide bonds. The number of aliphatic imine (C=N–C) groups is 1. The molecule has 0 aromatic heterocycles. The number of nitrogens with zero attached hydrogens (tertiary/aromatic N) is 1. The second-order valence-corrected chi connectivity index (χ2v) is 6.46. The number of rotatable bonds is 7. The molecule has 0 bridgehead atoms. The quantitative estimate of drug-likeness (QED) is 0.482. The predicted molar refractivity (Wildman–Crippen MR) is 112 cm³/mol. The Kier molecular flexibility index (Phi) is 6.26. The fourth-order valence-corrected chi connectivity index (χ4v) is 2.73. The van der Waals surface area contributed by atoms with Gasteiger partial charge in [0.05, 0.1) is 12.3 Å². The van der Waals surface area contributed by atoms with Gasteiger partial charge in [-0.25, -0.2) is 0 Å². The molecule has 3 aromatic rings. The lowest BCUT2D eigenvalue weighted by Gasteiger charge is -2.12. The van der Waals surface area contributed by atoms with E-state index < -0.39 is 0 Å². The first-order valence-electron chi connectivity index (χ1n) is 9.20. The van der Waals surface area contributed by atoms with Crippen LogP contribution in [-0.4, -0.2) is 12.8 Å². The molecular weight excluding hydrogens is 334 g/mol. The molecule has 0 spiro atoms. The lowest BCUT2D eigenvalue weighted by atomic mass is 10.1. The summed E-state index contributed by atoms with van der Waals surface area (Å²) in [5, 5.41) is 0. The van der Waals surface area contributed by atoms with Gasteiger partial charge >= 0.3 is 0 Å². The van der Waals surface area contributed by atoms with Crippen LogP contribution in [0.25, 0.3) is 0 Å². The van der Waals surface area contributed by atoms with Gasteiger partial charge < -0.3 is 9.47 Å². The number of hydrogen-bond donors (Lipinski definition) is 0. The summed E-state index contributed by atoms with van der Waals surface area (Å²) in [5.74, 6) is 1.47. The average Bonchev–Trinajstić information content (AvgIpc) is 2.69. The smallest absolute Gasteiger partial charge is 0.161 e. The molecule has 3 aromatic carbocycles. The summed E-state index contributed by atoms with van der Waals surface area (Å²) in [6, 6.07) is 22.3. The molecule has 138 valence electrons. The van der Waals surface area contributed by atoms with Crippen LogP contribution in [0.1, 0.15) is 29.2 Å². The Hall–Kier alpha value is -3.07. The van der Waals surface area contributed by atoms with Crippen molar-refractivity contribution in [3.63, 3.8) is 0 Å². The van der Waals surface area contributed by atoms with Gasteiger partial charge in [0, 0.05) is 6.21 Å². The average molecular weight is 359 g/mol. The van der Waals surface area contributed by atoms with Gasteiger partial charge in [-0.3, -0.25) is 4.99 Å². The molecule has 0 atom stereocenters. The third-order valence-corrected chi connectivity index (χ3v) is 4.22. The molecule has 0 aliphatic rings. The zero-order chi connectivity index (χ0) is 19.1. The van der Waals surface area contributed by atoms with Crippen LogP contribution < -0.4 is 9.47 Å². The molecule has 0 fully saturated rings. The van der Waals surface area contributed by atoms with Gasteiger partial charge in [0.25, 0.3) is 0 Å². The van der Waals surface area contributed by atoms with Gasteiger partial charge in [0.1, 0.15) is 6.61 Å². The first-order valence-corrected chi connectivity index (χ1v) is 9.20. The molecule has 3 nitrogen and oxygen atoms in total. The van der Waals surface area contributed by atoms with Crippen LogP contribution >= 0.6 is 0 Å². The fraction of sp³-hybridized carbons (Fsp3) is 0.208. The first-order chi connectivity index (χ1) is 13.2. The molecular formula is C24H25NO2. The van der Waals surface area contributed by atoms with Crippen LogP contribution in [0.4, 0.5) is 5.69 Å². The van der Waals surface area contributed by atoms with Crippen molar-refractivity contribution in [2.45, 2.75) is 27.4 Å². The number of hydrogen-bond acceptors (Lipinski definition) is 3. The van der Waals surface area contributed by atoms with Gasteiger partial charge in [0.15, 0.2) is 11.5 Å². The third-order valence-electron chi connectivity index (χ3n) is 4.22. The molecule has 0 saturated carbocycles. The monoisotopic (exact) mass is 359 g/mol. The Morgan fingerprint density at radius 2 is 1.67 bits per heavy atom. The molecule has 3 rings (SSSR count). The third kappa shape index (κ3) is 5.20.